The first kappa shape index (κ1) is 12.8. The van der Waals surface area contributed by atoms with Crippen LogP contribution in [0.5, 0.6) is 0 Å². The second-order valence-corrected chi connectivity index (χ2v) is 5.37. The molecule has 3 nitrogen and oxygen atoms in total. The molecule has 0 saturated carbocycles. The molecule has 2 N–H and O–H groups in total. The summed E-state index contributed by atoms with van der Waals surface area (Å²) in [6, 6.07) is 14.3. The van der Waals surface area contributed by atoms with Crippen molar-refractivity contribution in [3.8, 4) is 11.3 Å². The lowest BCUT2D eigenvalue weighted by atomic mass is 10.1. The molecule has 0 aliphatic heterocycles. The molecule has 0 aliphatic rings. The highest BCUT2D eigenvalue weighted by molar-refractivity contribution is 7.80. The van der Waals surface area contributed by atoms with E-state index < -0.39 is 0 Å². The maximum atomic E-state index is 5.74. The zero-order chi connectivity index (χ0) is 14.1. The van der Waals surface area contributed by atoms with Gasteiger partial charge in [0, 0.05) is 18.2 Å². The van der Waals surface area contributed by atoms with E-state index >= 15 is 0 Å². The summed E-state index contributed by atoms with van der Waals surface area (Å²) in [6.45, 7) is 2.07. The van der Waals surface area contributed by atoms with Crippen LogP contribution in [0.2, 0.25) is 0 Å². The van der Waals surface area contributed by atoms with Crippen LogP contribution in [0.4, 0.5) is 0 Å². The number of nitrogens with two attached hydrogens (primary N) is 1. The molecule has 0 saturated heterocycles. The van der Waals surface area contributed by atoms with Crippen molar-refractivity contribution in [3.63, 3.8) is 0 Å². The van der Waals surface area contributed by atoms with Crippen molar-refractivity contribution in [2.45, 2.75) is 13.3 Å². The molecule has 3 aromatic rings. The Balaban J connectivity index is 2.23. The largest absolute Gasteiger partial charge is 0.393 e. The average Bonchev–Trinajstić information content (AvgIpc) is 2.78. The molecule has 100 valence electrons. The summed E-state index contributed by atoms with van der Waals surface area (Å²) in [4.78, 5) is 5.19. The van der Waals surface area contributed by atoms with Gasteiger partial charge in [-0.15, -0.1) is 0 Å². The number of thiocarbonyl (C=S) groups is 1. The summed E-state index contributed by atoms with van der Waals surface area (Å²) < 4.78 is 2.05. The van der Waals surface area contributed by atoms with Gasteiger partial charge in [0.15, 0.2) is 0 Å². The molecule has 0 bridgehead atoms. The number of hydrogen-bond acceptors (Lipinski definition) is 2. The number of nitrogens with zero attached hydrogens (tertiary/aromatic N) is 2. The lowest BCUT2D eigenvalue weighted by molar-refractivity contribution is 1.07. The molecule has 0 unspecified atom stereocenters. The van der Waals surface area contributed by atoms with Crippen molar-refractivity contribution < 1.29 is 0 Å². The van der Waals surface area contributed by atoms with Crippen LogP contribution in [0.15, 0.2) is 48.7 Å². The molecule has 1 aromatic carbocycles. The minimum atomic E-state index is 0.476. The lowest BCUT2D eigenvalue weighted by Gasteiger charge is -2.04. The van der Waals surface area contributed by atoms with Crippen LogP contribution in [0.3, 0.4) is 0 Å². The van der Waals surface area contributed by atoms with Crippen LogP contribution >= 0.6 is 12.2 Å². The molecule has 0 atom stereocenters. The van der Waals surface area contributed by atoms with Crippen molar-refractivity contribution in [1.82, 2.24) is 9.38 Å². The van der Waals surface area contributed by atoms with Crippen LogP contribution in [0, 0.1) is 6.92 Å². The first-order valence-corrected chi connectivity index (χ1v) is 6.87. The Bertz CT molecular complexity index is 772. The smallest absolute Gasteiger partial charge is 0.137 e. The Morgan fingerprint density at radius 2 is 1.95 bits per heavy atom. The van der Waals surface area contributed by atoms with Gasteiger partial charge in [0.25, 0.3) is 0 Å². The van der Waals surface area contributed by atoms with E-state index in [4.69, 9.17) is 22.9 Å². The Morgan fingerprint density at radius 3 is 2.65 bits per heavy atom. The highest BCUT2D eigenvalue weighted by Crippen LogP contribution is 2.25. The van der Waals surface area contributed by atoms with Gasteiger partial charge in [-0.05, 0) is 19.1 Å². The van der Waals surface area contributed by atoms with Gasteiger partial charge < -0.3 is 10.1 Å². The highest BCUT2D eigenvalue weighted by Gasteiger charge is 2.14. The predicted octanol–water partition coefficient (Wildman–Crippen LogP) is 3.14. The van der Waals surface area contributed by atoms with E-state index in [0.29, 0.717) is 11.4 Å². The topological polar surface area (TPSA) is 43.3 Å². The third kappa shape index (κ3) is 2.30. The summed E-state index contributed by atoms with van der Waals surface area (Å²) in [7, 11) is 0. The molecule has 0 amide bonds. The number of benzene rings is 1. The molecule has 2 aromatic heterocycles. The van der Waals surface area contributed by atoms with Gasteiger partial charge in [-0.2, -0.15) is 0 Å². The summed E-state index contributed by atoms with van der Waals surface area (Å²) in [5, 5.41) is 0. The Kier molecular flexibility index (Phi) is 3.24. The Morgan fingerprint density at radius 1 is 1.20 bits per heavy atom. The molecule has 0 radical (unpaired) electrons. The summed E-state index contributed by atoms with van der Waals surface area (Å²) in [5.74, 6) is 0. The predicted molar refractivity (Wildman–Crippen MR) is 85.9 cm³/mol. The van der Waals surface area contributed by atoms with Crippen molar-refractivity contribution in [3.05, 3.63) is 59.9 Å². The maximum Gasteiger partial charge on any atom is 0.137 e. The van der Waals surface area contributed by atoms with Gasteiger partial charge in [0.1, 0.15) is 5.65 Å². The van der Waals surface area contributed by atoms with E-state index in [2.05, 4.69) is 31.2 Å². The third-order valence-electron chi connectivity index (χ3n) is 3.30. The summed E-state index contributed by atoms with van der Waals surface area (Å²) in [6.07, 6.45) is 2.54. The number of fused-ring (bicyclic) bond motifs is 1. The summed E-state index contributed by atoms with van der Waals surface area (Å²) >= 11 is 5.07. The third-order valence-corrected chi connectivity index (χ3v) is 3.44. The molecule has 3 rings (SSSR count). The monoisotopic (exact) mass is 281 g/mol. The van der Waals surface area contributed by atoms with E-state index in [-0.39, 0.29) is 0 Å². The zero-order valence-corrected chi connectivity index (χ0v) is 12.0. The van der Waals surface area contributed by atoms with Gasteiger partial charge in [0.05, 0.1) is 16.4 Å². The van der Waals surface area contributed by atoms with E-state index in [9.17, 15) is 0 Å². The molecule has 4 heteroatoms. The minimum Gasteiger partial charge on any atom is -0.393 e. The average molecular weight is 281 g/mol. The van der Waals surface area contributed by atoms with E-state index in [0.717, 1.165) is 22.6 Å². The summed E-state index contributed by atoms with van der Waals surface area (Å²) in [5.41, 5.74) is 11.0. The highest BCUT2D eigenvalue weighted by atomic mass is 32.1. The normalized spacial score (nSPS) is 10.8. The molecule has 0 fully saturated rings. The fourth-order valence-corrected chi connectivity index (χ4v) is 2.46. The minimum absolute atomic E-state index is 0.476. The van der Waals surface area contributed by atoms with E-state index in [1.807, 2.05) is 28.8 Å². The lowest BCUT2D eigenvalue weighted by Crippen LogP contribution is -2.13. The van der Waals surface area contributed by atoms with Crippen molar-refractivity contribution in [2.75, 3.05) is 0 Å². The van der Waals surface area contributed by atoms with Gasteiger partial charge in [0.2, 0.25) is 0 Å². The number of pyridine rings is 1. The van der Waals surface area contributed by atoms with Crippen molar-refractivity contribution in [1.29, 1.82) is 0 Å². The van der Waals surface area contributed by atoms with Crippen LogP contribution in [0.25, 0.3) is 16.9 Å². The second kappa shape index (κ2) is 5.06. The van der Waals surface area contributed by atoms with Gasteiger partial charge >= 0.3 is 0 Å². The number of imidazole rings is 1. The molecule has 20 heavy (non-hydrogen) atoms. The SMILES string of the molecule is Cc1ccc(-c2nc3ccccn3c2CC(N)=S)cc1. The molecule has 0 aliphatic carbocycles. The standard InChI is InChI=1S/C16H15N3S/c1-11-5-7-12(8-6-11)16-13(10-14(17)20)19-9-3-2-4-15(19)18-16/h2-9H,10H2,1H3,(H2,17,20). The molecule has 0 spiro atoms. The van der Waals surface area contributed by atoms with Crippen molar-refractivity contribution in [2.24, 2.45) is 5.73 Å². The second-order valence-electron chi connectivity index (χ2n) is 4.85. The molecular formula is C16H15N3S. The molecular weight excluding hydrogens is 266 g/mol. The maximum absolute atomic E-state index is 5.74. The number of rotatable bonds is 3. The molecule has 2 heterocycles. The first-order valence-electron chi connectivity index (χ1n) is 6.46. The van der Waals surface area contributed by atoms with Crippen LogP contribution in [-0.2, 0) is 6.42 Å². The number of hydrogen-bond donors (Lipinski definition) is 1. The number of aromatic nitrogens is 2. The van der Waals surface area contributed by atoms with Crippen molar-refractivity contribution >= 4 is 22.9 Å². The Labute approximate surface area is 123 Å². The Hall–Kier alpha value is -2.20. The van der Waals surface area contributed by atoms with Crippen LogP contribution in [-0.4, -0.2) is 14.4 Å². The van der Waals surface area contributed by atoms with Crippen LogP contribution in [0.1, 0.15) is 11.3 Å². The zero-order valence-electron chi connectivity index (χ0n) is 11.2. The van der Waals surface area contributed by atoms with Gasteiger partial charge in [-0.25, -0.2) is 4.98 Å². The van der Waals surface area contributed by atoms with Gasteiger partial charge in [-0.3, -0.25) is 0 Å². The van der Waals surface area contributed by atoms with E-state index in [1.165, 1.54) is 5.56 Å². The van der Waals surface area contributed by atoms with Crippen LogP contribution < -0.4 is 5.73 Å². The fraction of sp³-hybridized carbons (Fsp3) is 0.125. The number of aryl methyl sites for hydroxylation is 1. The van der Waals surface area contributed by atoms with E-state index in [1.54, 1.807) is 0 Å². The first-order chi connectivity index (χ1) is 9.65. The van der Waals surface area contributed by atoms with Gasteiger partial charge in [-0.1, -0.05) is 48.1 Å². The fourth-order valence-electron chi connectivity index (χ4n) is 2.32. The quantitative estimate of drug-likeness (QED) is 0.750.